The minimum atomic E-state index is -3.68. The predicted octanol–water partition coefficient (Wildman–Crippen LogP) is 3.28. The number of hydrogen-bond acceptors (Lipinski definition) is 6. The molecule has 168 valence electrons. The van der Waals surface area contributed by atoms with Gasteiger partial charge in [0.2, 0.25) is 5.78 Å². The standard InChI is InChI=1S/C24H26N2O5S/c1-15-8-9-16(2)20(14-15)22(27)17(3)31-24(28)18-10-12-26(13-11-18)23-19-6-4-5-7-21(19)32(29,30)25-23/h4-9,14,17-18H,10-13H2,1-3H3. The molecule has 2 aliphatic rings. The maximum atomic E-state index is 12.8. The van der Waals surface area contributed by atoms with E-state index in [4.69, 9.17) is 4.74 Å². The third-order valence-electron chi connectivity index (χ3n) is 6.06. The quantitative estimate of drug-likeness (QED) is 0.520. The molecule has 8 heteroatoms. The van der Waals surface area contributed by atoms with Crippen molar-refractivity contribution in [1.82, 2.24) is 4.90 Å². The van der Waals surface area contributed by atoms with Gasteiger partial charge in [-0.1, -0.05) is 29.8 Å². The van der Waals surface area contributed by atoms with Gasteiger partial charge in [0.15, 0.2) is 11.9 Å². The average Bonchev–Trinajstić information content (AvgIpc) is 3.06. The summed E-state index contributed by atoms with van der Waals surface area (Å²) in [6, 6.07) is 12.4. The largest absolute Gasteiger partial charge is 0.454 e. The fraction of sp³-hybridized carbons (Fsp3) is 0.375. The van der Waals surface area contributed by atoms with Crippen molar-refractivity contribution in [2.45, 2.75) is 44.6 Å². The van der Waals surface area contributed by atoms with Crippen molar-refractivity contribution in [2.75, 3.05) is 13.1 Å². The van der Waals surface area contributed by atoms with Gasteiger partial charge in [-0.05, 0) is 57.4 Å². The highest BCUT2D eigenvalue weighted by Crippen LogP contribution is 2.30. The SMILES string of the molecule is Cc1ccc(C)c(C(=O)C(C)OC(=O)C2CCN(C3=NS(=O)(=O)c4ccccc43)CC2)c1. The van der Waals surface area contributed by atoms with Crippen LogP contribution < -0.4 is 0 Å². The van der Waals surface area contributed by atoms with Crippen LogP contribution in [-0.2, 0) is 19.6 Å². The number of sulfonamides is 1. The molecule has 2 aromatic rings. The van der Waals surface area contributed by atoms with E-state index in [-0.39, 0.29) is 16.6 Å². The monoisotopic (exact) mass is 454 g/mol. The second-order valence-corrected chi connectivity index (χ2v) is 9.98. The molecule has 4 rings (SSSR count). The van der Waals surface area contributed by atoms with Gasteiger partial charge in [0.1, 0.15) is 4.90 Å². The fourth-order valence-corrected chi connectivity index (χ4v) is 5.42. The summed E-state index contributed by atoms with van der Waals surface area (Å²) in [4.78, 5) is 27.6. The van der Waals surface area contributed by atoms with Crippen molar-refractivity contribution in [3.05, 3.63) is 64.7 Å². The molecule has 0 saturated carbocycles. The van der Waals surface area contributed by atoms with Crippen LogP contribution in [0.25, 0.3) is 0 Å². The van der Waals surface area contributed by atoms with E-state index in [9.17, 15) is 18.0 Å². The summed E-state index contributed by atoms with van der Waals surface area (Å²) >= 11 is 0. The highest BCUT2D eigenvalue weighted by Gasteiger charge is 2.35. The second kappa shape index (κ2) is 8.50. The molecule has 1 fully saturated rings. The van der Waals surface area contributed by atoms with Crippen LogP contribution in [-0.4, -0.2) is 50.1 Å². The van der Waals surface area contributed by atoms with Gasteiger partial charge in [0, 0.05) is 24.2 Å². The number of piperidine rings is 1. The van der Waals surface area contributed by atoms with E-state index in [0.29, 0.717) is 42.9 Å². The van der Waals surface area contributed by atoms with Crippen LogP contribution in [0.1, 0.15) is 46.8 Å². The molecule has 0 N–H and O–H groups in total. The number of fused-ring (bicyclic) bond motifs is 1. The van der Waals surface area contributed by atoms with Crippen molar-refractivity contribution in [1.29, 1.82) is 0 Å². The molecular weight excluding hydrogens is 428 g/mol. The Balaban J connectivity index is 1.38. The Morgan fingerprint density at radius 1 is 1.09 bits per heavy atom. The summed E-state index contributed by atoms with van der Waals surface area (Å²) in [5, 5.41) is 0. The van der Waals surface area contributed by atoms with Crippen LogP contribution in [0, 0.1) is 19.8 Å². The molecule has 7 nitrogen and oxygen atoms in total. The van der Waals surface area contributed by atoms with Crippen molar-refractivity contribution >= 4 is 27.6 Å². The first-order chi connectivity index (χ1) is 15.2. The first-order valence-electron chi connectivity index (χ1n) is 10.7. The normalized spacial score (nSPS) is 18.6. The summed E-state index contributed by atoms with van der Waals surface area (Å²) < 4.78 is 34.1. The number of rotatable bonds is 4. The molecule has 2 heterocycles. The van der Waals surface area contributed by atoms with Crippen molar-refractivity contribution in [2.24, 2.45) is 10.3 Å². The van der Waals surface area contributed by atoms with Crippen molar-refractivity contribution in [3.63, 3.8) is 0 Å². The number of carbonyl (C=O) groups is 2. The minimum Gasteiger partial charge on any atom is -0.454 e. The summed E-state index contributed by atoms with van der Waals surface area (Å²) in [6.07, 6.45) is 0.145. The zero-order chi connectivity index (χ0) is 23.0. The summed E-state index contributed by atoms with van der Waals surface area (Å²) in [6.45, 7) is 6.36. The topological polar surface area (TPSA) is 93.1 Å². The third-order valence-corrected chi connectivity index (χ3v) is 7.39. The minimum absolute atomic E-state index is 0.209. The zero-order valence-corrected chi connectivity index (χ0v) is 19.2. The van der Waals surface area contributed by atoms with E-state index in [1.807, 2.05) is 36.9 Å². The van der Waals surface area contributed by atoms with Crippen LogP contribution in [0.3, 0.4) is 0 Å². The maximum Gasteiger partial charge on any atom is 0.309 e. The van der Waals surface area contributed by atoms with Crippen LogP contribution in [0.15, 0.2) is 51.8 Å². The Hall–Kier alpha value is -3.00. The smallest absolute Gasteiger partial charge is 0.309 e. The predicted molar refractivity (Wildman–Crippen MR) is 120 cm³/mol. The van der Waals surface area contributed by atoms with E-state index < -0.39 is 22.1 Å². The lowest BCUT2D eigenvalue weighted by Crippen LogP contribution is -2.41. The lowest BCUT2D eigenvalue weighted by Gasteiger charge is -2.32. The number of carbonyl (C=O) groups excluding carboxylic acids is 2. The third kappa shape index (κ3) is 4.19. The first kappa shape index (κ1) is 22.2. The Morgan fingerprint density at radius 2 is 1.78 bits per heavy atom. The summed E-state index contributed by atoms with van der Waals surface area (Å²) in [5.41, 5.74) is 2.99. The molecule has 32 heavy (non-hydrogen) atoms. The number of ketones is 1. The van der Waals surface area contributed by atoms with Gasteiger partial charge < -0.3 is 9.64 Å². The number of esters is 1. The number of likely N-dealkylation sites (tertiary alicyclic amines) is 1. The van der Waals surface area contributed by atoms with Crippen molar-refractivity contribution in [3.8, 4) is 0 Å². The van der Waals surface area contributed by atoms with Gasteiger partial charge in [0.05, 0.1) is 5.92 Å². The van der Waals surface area contributed by atoms with Gasteiger partial charge in [-0.3, -0.25) is 9.59 Å². The van der Waals surface area contributed by atoms with Crippen LogP contribution in [0.2, 0.25) is 0 Å². The molecule has 0 spiro atoms. The molecule has 1 unspecified atom stereocenters. The Morgan fingerprint density at radius 3 is 2.50 bits per heavy atom. The molecule has 0 bridgehead atoms. The molecule has 0 amide bonds. The Labute approximate surface area is 188 Å². The van der Waals surface area contributed by atoms with Gasteiger partial charge in [0.25, 0.3) is 10.0 Å². The Kier molecular flexibility index (Phi) is 5.90. The highest BCUT2D eigenvalue weighted by molar-refractivity contribution is 7.90. The van der Waals surface area contributed by atoms with E-state index in [2.05, 4.69) is 4.40 Å². The molecule has 0 aromatic heterocycles. The van der Waals surface area contributed by atoms with Crippen LogP contribution >= 0.6 is 0 Å². The molecule has 2 aromatic carbocycles. The number of ether oxygens (including phenoxy) is 1. The van der Waals surface area contributed by atoms with E-state index in [1.54, 1.807) is 31.2 Å². The molecule has 0 aliphatic carbocycles. The number of benzene rings is 2. The molecule has 2 aliphatic heterocycles. The number of amidine groups is 1. The molecule has 1 saturated heterocycles. The number of Topliss-reactive ketones (excluding diaryl/α,β-unsaturated/α-hetero) is 1. The van der Waals surface area contributed by atoms with Gasteiger partial charge in [-0.2, -0.15) is 8.42 Å². The number of aryl methyl sites for hydroxylation is 2. The van der Waals surface area contributed by atoms with Gasteiger partial charge >= 0.3 is 5.97 Å². The average molecular weight is 455 g/mol. The van der Waals surface area contributed by atoms with E-state index >= 15 is 0 Å². The molecule has 0 radical (unpaired) electrons. The fourth-order valence-electron chi connectivity index (χ4n) is 4.19. The summed E-state index contributed by atoms with van der Waals surface area (Å²) in [7, 11) is -3.68. The first-order valence-corrected chi connectivity index (χ1v) is 12.1. The van der Waals surface area contributed by atoms with Crippen LogP contribution in [0.4, 0.5) is 0 Å². The van der Waals surface area contributed by atoms with Crippen molar-refractivity contribution < 1.29 is 22.7 Å². The zero-order valence-electron chi connectivity index (χ0n) is 18.4. The lowest BCUT2D eigenvalue weighted by molar-refractivity contribution is -0.152. The van der Waals surface area contributed by atoms with Crippen LogP contribution in [0.5, 0.6) is 0 Å². The lowest BCUT2D eigenvalue weighted by atomic mass is 9.96. The van der Waals surface area contributed by atoms with Gasteiger partial charge in [-0.15, -0.1) is 4.40 Å². The summed E-state index contributed by atoms with van der Waals surface area (Å²) in [5.74, 6) is -0.504. The second-order valence-electron chi connectivity index (χ2n) is 8.41. The highest BCUT2D eigenvalue weighted by atomic mass is 32.2. The number of hydrogen-bond donors (Lipinski definition) is 0. The Bertz CT molecular complexity index is 1210. The van der Waals surface area contributed by atoms with Gasteiger partial charge in [-0.25, -0.2) is 0 Å². The number of nitrogens with zero attached hydrogens (tertiary/aromatic N) is 2. The molecular formula is C24H26N2O5S. The van der Waals surface area contributed by atoms with E-state index in [1.165, 1.54) is 0 Å². The molecule has 1 atom stereocenters. The van der Waals surface area contributed by atoms with E-state index in [0.717, 1.165) is 11.1 Å². The maximum absolute atomic E-state index is 12.8.